The molecule has 0 spiro atoms. The van der Waals surface area contributed by atoms with Gasteiger partial charge in [-0.1, -0.05) is 61.5 Å². The van der Waals surface area contributed by atoms with E-state index < -0.39 is 29.2 Å². The zero-order chi connectivity index (χ0) is 29.9. The Bertz CT molecular complexity index is 1250. The van der Waals surface area contributed by atoms with Crippen LogP contribution in [-0.2, 0) is 24.4 Å². The van der Waals surface area contributed by atoms with Gasteiger partial charge >= 0.3 is 14.2 Å². The summed E-state index contributed by atoms with van der Waals surface area (Å²) in [7, 11) is -0.897. The summed E-state index contributed by atoms with van der Waals surface area (Å²) in [5.74, 6) is 0.240. The number of rotatable bonds is 12. The molecule has 2 unspecified atom stereocenters. The Morgan fingerprint density at radius 2 is 1.37 bits per heavy atom. The Kier molecular flexibility index (Phi) is 9.86. The topological polar surface area (TPSA) is 55.4 Å². The van der Waals surface area contributed by atoms with Crippen LogP contribution in [-0.4, -0.2) is 35.7 Å². The van der Waals surface area contributed by atoms with Crippen molar-refractivity contribution in [2.24, 2.45) is 0 Å². The molecule has 1 aliphatic rings. The number of benzene rings is 3. The average Bonchev–Trinajstić information content (AvgIpc) is 3.16. The fourth-order valence-electron chi connectivity index (χ4n) is 4.31. The fraction of sp³-hybridized carbons (Fsp3) is 0.438. The van der Waals surface area contributed by atoms with E-state index in [0.29, 0.717) is 18.1 Å². The van der Waals surface area contributed by atoms with E-state index in [0.717, 1.165) is 22.9 Å². The predicted molar refractivity (Wildman–Crippen MR) is 174 cm³/mol. The van der Waals surface area contributed by atoms with Gasteiger partial charge < -0.3 is 28.1 Å². The maximum atomic E-state index is 6.54. The van der Waals surface area contributed by atoms with Gasteiger partial charge in [0, 0.05) is 24.7 Å². The van der Waals surface area contributed by atoms with Crippen LogP contribution in [0.25, 0.3) is 0 Å². The third-order valence-corrected chi connectivity index (χ3v) is 9.18. The molecule has 0 amide bonds. The van der Waals surface area contributed by atoms with E-state index in [4.69, 9.17) is 28.1 Å². The summed E-state index contributed by atoms with van der Waals surface area (Å²) in [4.78, 5) is 0. The predicted octanol–water partition coefficient (Wildman–Crippen LogP) is 6.63. The minimum atomic E-state index is -1.09. The molecule has 1 heterocycles. The molecule has 2 atom stereocenters. The van der Waals surface area contributed by atoms with Crippen LogP contribution in [0.3, 0.4) is 0 Å². The Morgan fingerprint density at radius 1 is 0.805 bits per heavy atom. The molecule has 218 valence electrons. The van der Waals surface area contributed by atoms with Crippen LogP contribution in [0.5, 0.6) is 11.5 Å². The van der Waals surface area contributed by atoms with Crippen LogP contribution in [0.4, 0.5) is 0 Å². The van der Waals surface area contributed by atoms with E-state index in [1.807, 2.05) is 113 Å². The molecule has 3 aromatic rings. The zero-order valence-corrected chi connectivity index (χ0v) is 27.6. The molecule has 0 aliphatic carbocycles. The largest absolute Gasteiger partial charge is 0.495 e. The summed E-state index contributed by atoms with van der Waals surface area (Å²) in [6, 6.07) is 25.5. The smallest absolute Gasteiger partial charge is 0.448 e. The van der Waals surface area contributed by atoms with Gasteiger partial charge in [0.2, 0.25) is 0 Å². The second kappa shape index (κ2) is 12.7. The summed E-state index contributed by atoms with van der Waals surface area (Å²) in [5.41, 5.74) is 2.04. The fourth-order valence-corrected chi connectivity index (χ4v) is 4.67. The first-order chi connectivity index (χ1) is 19.3. The molecule has 0 radical (unpaired) electrons. The summed E-state index contributed by atoms with van der Waals surface area (Å²) in [6.07, 6.45) is 0.877. The van der Waals surface area contributed by atoms with Crippen LogP contribution < -0.4 is 20.4 Å². The highest BCUT2D eigenvalue weighted by Crippen LogP contribution is 2.42. The van der Waals surface area contributed by atoms with E-state index in [9.17, 15) is 0 Å². The Balaban J connectivity index is 1.54. The number of ether oxygens (including phenoxy) is 2. The van der Waals surface area contributed by atoms with E-state index >= 15 is 0 Å². The van der Waals surface area contributed by atoms with Crippen molar-refractivity contribution in [2.75, 3.05) is 6.61 Å². The summed E-state index contributed by atoms with van der Waals surface area (Å²) in [5, 5.41) is 0. The molecule has 1 aliphatic heterocycles. The van der Waals surface area contributed by atoms with Crippen molar-refractivity contribution in [3.8, 4) is 11.5 Å². The van der Waals surface area contributed by atoms with Crippen molar-refractivity contribution in [2.45, 2.75) is 82.4 Å². The van der Waals surface area contributed by atoms with Crippen LogP contribution in [0.15, 0.2) is 78.9 Å². The highest BCUT2D eigenvalue weighted by atomic mass is 127. The van der Waals surface area contributed by atoms with Crippen molar-refractivity contribution in [3.63, 3.8) is 0 Å². The highest BCUT2D eigenvalue weighted by Gasteiger charge is 2.53. The molecule has 1 saturated heterocycles. The van der Waals surface area contributed by atoms with Crippen molar-refractivity contribution in [1.82, 2.24) is 0 Å². The van der Waals surface area contributed by atoms with Crippen molar-refractivity contribution >= 4 is 47.8 Å². The maximum Gasteiger partial charge on any atom is 0.495 e. The molecular weight excluding hydrogens is 629 g/mol. The quantitative estimate of drug-likeness (QED) is 0.0935. The first kappa shape index (κ1) is 31.9. The lowest BCUT2D eigenvalue weighted by atomic mass is 9.77. The number of alkyl halides is 1. The van der Waals surface area contributed by atoms with Crippen LogP contribution >= 0.6 is 22.6 Å². The molecule has 0 N–H and O–H groups in total. The first-order valence-corrected chi connectivity index (χ1v) is 15.3. The molecule has 3 aromatic carbocycles. The molecule has 41 heavy (non-hydrogen) atoms. The van der Waals surface area contributed by atoms with Crippen molar-refractivity contribution in [1.29, 1.82) is 0 Å². The van der Waals surface area contributed by atoms with E-state index in [2.05, 4.69) is 43.4 Å². The standard InChI is InChI=1S/C32H41B2IO6/c1-9-29(3,4)39-33(36-10-2)25-16-20-27(21-17-25)37-31(7,24-14-12-11-13-15-24)38-28-22-18-26(19-23-28)34-40-30(5,6)32(8,35)41-34/h11-23H,9-10H2,1-8H3. The lowest BCUT2D eigenvalue weighted by Gasteiger charge is -2.32. The molecular formula is C32H41B2IO6. The minimum Gasteiger partial charge on any atom is -0.448 e. The molecule has 0 aromatic heterocycles. The van der Waals surface area contributed by atoms with E-state index in [-0.39, 0.29) is 5.60 Å². The Morgan fingerprint density at radius 3 is 1.85 bits per heavy atom. The van der Waals surface area contributed by atoms with Crippen molar-refractivity contribution < 1.29 is 28.1 Å². The van der Waals surface area contributed by atoms with Crippen LogP contribution in [0, 0.1) is 0 Å². The SMILES string of the molecule is CCOB(OC(C)(C)CC)c1ccc(OC(C)(Oc2ccc(B3OC(C)(C)C(C)(I)O3)cc2)c2ccccc2)cc1. The number of hydrogen-bond acceptors (Lipinski definition) is 6. The molecule has 6 nitrogen and oxygen atoms in total. The number of halogens is 1. The minimum absolute atomic E-state index is 0.299. The normalized spacial score (nSPS) is 20.0. The number of hydrogen-bond donors (Lipinski definition) is 0. The Labute approximate surface area is 259 Å². The van der Waals surface area contributed by atoms with Crippen LogP contribution in [0.1, 0.15) is 67.4 Å². The van der Waals surface area contributed by atoms with Gasteiger partial charge in [0.15, 0.2) is 0 Å². The monoisotopic (exact) mass is 670 g/mol. The molecule has 0 saturated carbocycles. The lowest BCUT2D eigenvalue weighted by molar-refractivity contribution is -0.105. The third-order valence-electron chi connectivity index (χ3n) is 7.63. The van der Waals surface area contributed by atoms with Gasteiger partial charge in [-0.15, -0.1) is 0 Å². The maximum absolute atomic E-state index is 6.54. The first-order valence-electron chi connectivity index (χ1n) is 14.2. The Hall–Kier alpha value is -2.04. The van der Waals surface area contributed by atoms with Gasteiger partial charge in [-0.05, 0) is 106 Å². The summed E-state index contributed by atoms with van der Waals surface area (Å²) < 4.78 is 37.2. The van der Waals surface area contributed by atoms with E-state index in [1.165, 1.54) is 0 Å². The third kappa shape index (κ3) is 7.68. The molecule has 4 rings (SSSR count). The van der Waals surface area contributed by atoms with Gasteiger partial charge in [0.1, 0.15) is 15.1 Å². The van der Waals surface area contributed by atoms with Gasteiger partial charge in [0.25, 0.3) is 5.79 Å². The van der Waals surface area contributed by atoms with Crippen LogP contribution in [0.2, 0.25) is 0 Å². The lowest BCUT2D eigenvalue weighted by Crippen LogP contribution is -2.43. The second-order valence-electron chi connectivity index (χ2n) is 11.7. The molecule has 0 bridgehead atoms. The van der Waals surface area contributed by atoms with Crippen molar-refractivity contribution in [3.05, 3.63) is 84.4 Å². The highest BCUT2D eigenvalue weighted by molar-refractivity contribution is 14.1. The van der Waals surface area contributed by atoms with Gasteiger partial charge in [0.05, 0.1) is 5.60 Å². The summed E-state index contributed by atoms with van der Waals surface area (Å²) >= 11 is 2.31. The summed E-state index contributed by atoms with van der Waals surface area (Å²) in [6.45, 7) is 16.8. The average molecular weight is 670 g/mol. The zero-order valence-electron chi connectivity index (χ0n) is 25.4. The second-order valence-corrected chi connectivity index (χ2v) is 13.7. The van der Waals surface area contributed by atoms with E-state index in [1.54, 1.807) is 0 Å². The van der Waals surface area contributed by atoms with Gasteiger partial charge in [-0.25, -0.2) is 0 Å². The van der Waals surface area contributed by atoms with Gasteiger partial charge in [-0.3, -0.25) is 0 Å². The van der Waals surface area contributed by atoms with Gasteiger partial charge in [-0.2, -0.15) is 0 Å². The molecule has 9 heteroatoms. The molecule has 1 fully saturated rings.